The number of allylic oxidation sites excluding steroid dienone is 1. The normalized spacial score (nSPS) is 23.2. The maximum absolute atomic E-state index is 13.5. The number of ether oxygens (including phenoxy) is 1. The molecule has 154 valence electrons. The van der Waals surface area contributed by atoms with Gasteiger partial charge in [-0.25, -0.2) is 4.79 Å². The molecule has 1 heterocycles. The van der Waals surface area contributed by atoms with Crippen LogP contribution < -0.4 is 0 Å². The smallest absolute Gasteiger partial charge is 0.415 e. The molecular formula is C25H37NO2. The largest absolute Gasteiger partial charge is 0.443 e. The Hall–Kier alpha value is -1.77. The zero-order chi connectivity index (χ0) is 20.4. The predicted octanol–water partition coefficient (Wildman–Crippen LogP) is 7.26. The molecule has 1 aromatic rings. The summed E-state index contributed by atoms with van der Waals surface area (Å²) in [4.78, 5) is 15.6. The van der Waals surface area contributed by atoms with E-state index in [0.29, 0.717) is 5.92 Å². The Bertz CT molecular complexity index is 724. The van der Waals surface area contributed by atoms with Crippen LogP contribution in [0.5, 0.6) is 0 Å². The first-order valence-electron chi connectivity index (χ1n) is 11.1. The number of rotatable bonds is 4. The van der Waals surface area contributed by atoms with Crippen molar-refractivity contribution in [2.75, 3.05) is 0 Å². The fourth-order valence-electron chi connectivity index (χ4n) is 4.82. The van der Waals surface area contributed by atoms with Crippen molar-refractivity contribution in [2.45, 2.75) is 97.1 Å². The molecule has 28 heavy (non-hydrogen) atoms. The molecule has 1 aliphatic carbocycles. The lowest BCUT2D eigenvalue weighted by Crippen LogP contribution is -2.52. The van der Waals surface area contributed by atoms with Crippen LogP contribution in [-0.4, -0.2) is 16.6 Å². The summed E-state index contributed by atoms with van der Waals surface area (Å²) >= 11 is 0. The van der Waals surface area contributed by atoms with Gasteiger partial charge in [-0.2, -0.15) is 0 Å². The third kappa shape index (κ3) is 4.29. The molecule has 1 atom stereocenters. The topological polar surface area (TPSA) is 29.5 Å². The van der Waals surface area contributed by atoms with E-state index in [4.69, 9.17) is 4.74 Å². The molecule has 3 nitrogen and oxygen atoms in total. The van der Waals surface area contributed by atoms with Gasteiger partial charge >= 0.3 is 6.09 Å². The zero-order valence-electron chi connectivity index (χ0n) is 18.4. The molecule has 1 saturated carbocycles. The molecule has 0 N–H and O–H groups in total. The molecule has 1 fully saturated rings. The lowest BCUT2D eigenvalue weighted by Gasteiger charge is -2.48. The van der Waals surface area contributed by atoms with Gasteiger partial charge in [0, 0.05) is 5.70 Å². The second-order valence-corrected chi connectivity index (χ2v) is 9.68. The van der Waals surface area contributed by atoms with Crippen LogP contribution >= 0.6 is 0 Å². The molecule has 3 rings (SSSR count). The Morgan fingerprint density at radius 2 is 1.86 bits per heavy atom. The molecule has 1 aliphatic heterocycles. The van der Waals surface area contributed by atoms with Crippen molar-refractivity contribution in [3.63, 3.8) is 0 Å². The zero-order valence-corrected chi connectivity index (χ0v) is 18.4. The van der Waals surface area contributed by atoms with Gasteiger partial charge in [-0.15, -0.1) is 0 Å². The van der Waals surface area contributed by atoms with Crippen LogP contribution in [0.4, 0.5) is 4.79 Å². The third-order valence-corrected chi connectivity index (χ3v) is 6.21. The number of carbonyl (C=O) groups is 1. The molecule has 0 bridgehead atoms. The second kappa shape index (κ2) is 8.31. The van der Waals surface area contributed by atoms with Crippen LogP contribution in [0.1, 0.15) is 97.1 Å². The van der Waals surface area contributed by atoms with E-state index in [9.17, 15) is 4.79 Å². The van der Waals surface area contributed by atoms with Crippen molar-refractivity contribution < 1.29 is 9.53 Å². The van der Waals surface area contributed by atoms with Crippen molar-refractivity contribution in [3.05, 3.63) is 41.1 Å². The summed E-state index contributed by atoms with van der Waals surface area (Å²) in [5, 5.41) is 0. The first kappa shape index (κ1) is 21.0. The van der Waals surface area contributed by atoms with E-state index in [0.717, 1.165) is 32.1 Å². The highest BCUT2D eigenvalue weighted by Crippen LogP contribution is 2.47. The van der Waals surface area contributed by atoms with Crippen LogP contribution in [0.3, 0.4) is 0 Å². The molecule has 1 unspecified atom stereocenters. The maximum atomic E-state index is 13.5. The first-order valence-corrected chi connectivity index (χ1v) is 11.1. The Morgan fingerprint density at radius 1 is 1.18 bits per heavy atom. The minimum atomic E-state index is -0.503. The van der Waals surface area contributed by atoms with Gasteiger partial charge in [0.1, 0.15) is 5.60 Å². The van der Waals surface area contributed by atoms with Gasteiger partial charge in [0.15, 0.2) is 0 Å². The van der Waals surface area contributed by atoms with Crippen molar-refractivity contribution in [2.24, 2.45) is 5.92 Å². The van der Waals surface area contributed by atoms with Gasteiger partial charge in [0.05, 0.1) is 5.54 Å². The quantitative estimate of drug-likeness (QED) is 0.547. The van der Waals surface area contributed by atoms with E-state index in [1.807, 2.05) is 25.7 Å². The summed E-state index contributed by atoms with van der Waals surface area (Å²) in [6.45, 7) is 10.3. The highest BCUT2D eigenvalue weighted by molar-refractivity contribution is 5.77. The molecule has 0 saturated heterocycles. The van der Waals surface area contributed by atoms with Gasteiger partial charge in [-0.3, -0.25) is 4.90 Å². The standard InChI is InChI=1S/C25H37NO2/c1-6-7-17-25(5)21-16-12-11-15-20(21)18-22(19-13-9-8-10-14-19)26(25)23(27)28-24(2,3)4/h11-12,15-16,18-19H,6-10,13-14,17H2,1-5H3. The van der Waals surface area contributed by atoms with E-state index < -0.39 is 5.60 Å². The van der Waals surface area contributed by atoms with Crippen LogP contribution in [-0.2, 0) is 10.3 Å². The van der Waals surface area contributed by atoms with Gasteiger partial charge in [0.25, 0.3) is 0 Å². The number of nitrogens with zero attached hydrogens (tertiary/aromatic N) is 1. The third-order valence-electron chi connectivity index (χ3n) is 6.21. The molecule has 0 radical (unpaired) electrons. The molecule has 1 aromatic carbocycles. The molecule has 1 amide bonds. The summed E-state index contributed by atoms with van der Waals surface area (Å²) < 4.78 is 5.93. The van der Waals surface area contributed by atoms with Crippen LogP contribution in [0.15, 0.2) is 30.0 Å². The van der Waals surface area contributed by atoms with Crippen molar-refractivity contribution in [1.29, 1.82) is 0 Å². The van der Waals surface area contributed by atoms with Crippen molar-refractivity contribution >= 4 is 12.2 Å². The highest BCUT2D eigenvalue weighted by Gasteiger charge is 2.45. The predicted molar refractivity (Wildman–Crippen MR) is 116 cm³/mol. The fraction of sp³-hybridized carbons (Fsp3) is 0.640. The van der Waals surface area contributed by atoms with Crippen LogP contribution in [0.2, 0.25) is 0 Å². The number of fused-ring (bicyclic) bond motifs is 1. The minimum Gasteiger partial charge on any atom is -0.443 e. The molecule has 0 spiro atoms. The van der Waals surface area contributed by atoms with E-state index in [-0.39, 0.29) is 11.6 Å². The fourth-order valence-corrected chi connectivity index (χ4v) is 4.82. The minimum absolute atomic E-state index is 0.197. The molecular weight excluding hydrogens is 346 g/mol. The monoisotopic (exact) mass is 383 g/mol. The highest BCUT2D eigenvalue weighted by atomic mass is 16.6. The Morgan fingerprint density at radius 3 is 2.50 bits per heavy atom. The van der Waals surface area contributed by atoms with Crippen LogP contribution in [0, 0.1) is 5.92 Å². The number of amides is 1. The number of unbranched alkanes of at least 4 members (excludes halogenated alkanes) is 1. The SMILES string of the molecule is CCCCC1(C)c2ccccc2C=C(C2CCCCC2)N1C(=O)OC(C)(C)C. The van der Waals surface area contributed by atoms with E-state index in [1.165, 1.54) is 36.1 Å². The summed E-state index contributed by atoms with van der Waals surface area (Å²) in [6, 6.07) is 8.60. The van der Waals surface area contributed by atoms with E-state index >= 15 is 0 Å². The second-order valence-electron chi connectivity index (χ2n) is 9.68. The van der Waals surface area contributed by atoms with Gasteiger partial charge in [-0.1, -0.05) is 63.3 Å². The number of hydrogen-bond acceptors (Lipinski definition) is 2. The summed E-state index contributed by atoms with van der Waals surface area (Å²) in [5.74, 6) is 0.440. The van der Waals surface area contributed by atoms with Gasteiger partial charge in [0.2, 0.25) is 0 Å². The number of hydrogen-bond donors (Lipinski definition) is 0. The average Bonchev–Trinajstić information content (AvgIpc) is 2.65. The van der Waals surface area contributed by atoms with E-state index in [2.05, 4.69) is 44.2 Å². The van der Waals surface area contributed by atoms with Crippen LogP contribution in [0.25, 0.3) is 6.08 Å². The molecule has 3 heteroatoms. The summed E-state index contributed by atoms with van der Waals surface area (Å²) in [5.41, 5.74) is 2.81. The lowest BCUT2D eigenvalue weighted by atomic mass is 9.76. The maximum Gasteiger partial charge on any atom is 0.415 e. The lowest BCUT2D eigenvalue weighted by molar-refractivity contribution is 0.00289. The van der Waals surface area contributed by atoms with Gasteiger partial charge < -0.3 is 4.74 Å². The summed E-state index contributed by atoms with van der Waals surface area (Å²) in [6.07, 6.45) is 11.3. The Balaban J connectivity index is 2.11. The first-order chi connectivity index (χ1) is 13.3. The number of benzene rings is 1. The average molecular weight is 384 g/mol. The number of carbonyl (C=O) groups excluding carboxylic acids is 1. The van der Waals surface area contributed by atoms with Crippen molar-refractivity contribution in [3.8, 4) is 0 Å². The molecule has 2 aliphatic rings. The Labute approximate surface area is 171 Å². The summed E-state index contributed by atoms with van der Waals surface area (Å²) in [7, 11) is 0. The van der Waals surface area contributed by atoms with Gasteiger partial charge in [-0.05, 0) is 70.1 Å². The Kier molecular flexibility index (Phi) is 6.21. The van der Waals surface area contributed by atoms with E-state index in [1.54, 1.807) is 0 Å². The molecule has 0 aromatic heterocycles. The van der Waals surface area contributed by atoms with Crippen molar-refractivity contribution in [1.82, 2.24) is 4.90 Å².